The fraction of sp³-hybridized carbons (Fsp3) is 0.444. The zero-order chi connectivity index (χ0) is 11.1. The molecule has 0 aliphatic heterocycles. The Balaban J connectivity index is 2.67. The quantitative estimate of drug-likeness (QED) is 0.832. The van der Waals surface area contributed by atoms with Gasteiger partial charge < -0.3 is 5.11 Å². The predicted molar refractivity (Wildman–Crippen MR) is 55.9 cm³/mol. The van der Waals surface area contributed by atoms with Crippen LogP contribution in [0.2, 0.25) is 5.15 Å². The van der Waals surface area contributed by atoms with E-state index >= 15 is 0 Å². The number of aliphatic hydroxyl groups is 1. The third kappa shape index (κ3) is 1.68. The van der Waals surface area contributed by atoms with Gasteiger partial charge in [0.25, 0.3) is 0 Å². The summed E-state index contributed by atoms with van der Waals surface area (Å²) in [6.45, 7) is 3.71. The van der Waals surface area contributed by atoms with E-state index in [0.29, 0.717) is 16.6 Å². The second-order valence-electron chi connectivity index (χ2n) is 3.99. The predicted octanol–water partition coefficient (Wildman–Crippen LogP) is 1.05. The van der Waals surface area contributed by atoms with Gasteiger partial charge in [0.1, 0.15) is 5.15 Å². The van der Waals surface area contributed by atoms with Gasteiger partial charge in [0.05, 0.1) is 6.61 Å². The molecule has 80 valence electrons. The maximum atomic E-state index is 9.25. The number of rotatable bonds is 2. The smallest absolute Gasteiger partial charge is 0.178 e. The van der Waals surface area contributed by atoms with Crippen molar-refractivity contribution in [2.75, 3.05) is 6.61 Å². The van der Waals surface area contributed by atoms with Crippen molar-refractivity contribution in [2.24, 2.45) is 0 Å². The molecule has 2 rings (SSSR count). The zero-order valence-corrected chi connectivity index (χ0v) is 9.23. The Hall–Kier alpha value is -1.20. The molecule has 6 heteroatoms. The van der Waals surface area contributed by atoms with Crippen LogP contribution in [0.25, 0.3) is 5.65 Å². The molecule has 0 unspecified atom stereocenters. The number of aromatic nitrogens is 4. The van der Waals surface area contributed by atoms with Crippen LogP contribution in [-0.4, -0.2) is 31.5 Å². The molecule has 0 radical (unpaired) electrons. The SMILES string of the molecule is CC(C)(CO)c1nnc2ccc(Cl)nn12. The van der Waals surface area contributed by atoms with E-state index in [2.05, 4.69) is 15.3 Å². The van der Waals surface area contributed by atoms with Crippen LogP contribution >= 0.6 is 11.6 Å². The van der Waals surface area contributed by atoms with Crippen LogP contribution in [0, 0.1) is 0 Å². The number of aliphatic hydroxyl groups excluding tert-OH is 1. The first-order valence-electron chi connectivity index (χ1n) is 4.54. The molecule has 0 aromatic carbocycles. The zero-order valence-electron chi connectivity index (χ0n) is 8.48. The summed E-state index contributed by atoms with van der Waals surface area (Å²) in [6.07, 6.45) is 0. The van der Waals surface area contributed by atoms with Crippen LogP contribution in [-0.2, 0) is 5.41 Å². The third-order valence-electron chi connectivity index (χ3n) is 2.23. The van der Waals surface area contributed by atoms with Gasteiger partial charge >= 0.3 is 0 Å². The molecule has 2 aromatic rings. The lowest BCUT2D eigenvalue weighted by Gasteiger charge is -2.18. The lowest BCUT2D eigenvalue weighted by molar-refractivity contribution is 0.209. The summed E-state index contributed by atoms with van der Waals surface area (Å²) in [4.78, 5) is 0. The Kier molecular flexibility index (Phi) is 2.36. The van der Waals surface area contributed by atoms with Gasteiger partial charge in [-0.1, -0.05) is 25.4 Å². The van der Waals surface area contributed by atoms with E-state index in [1.165, 1.54) is 0 Å². The molecule has 0 saturated heterocycles. The Morgan fingerprint density at radius 3 is 2.80 bits per heavy atom. The van der Waals surface area contributed by atoms with Gasteiger partial charge in [-0.3, -0.25) is 0 Å². The van der Waals surface area contributed by atoms with E-state index in [1.54, 1.807) is 16.6 Å². The minimum absolute atomic E-state index is 0.0258. The molecule has 15 heavy (non-hydrogen) atoms. The molecule has 0 aliphatic rings. The molecular weight excluding hydrogens is 216 g/mol. The highest BCUT2D eigenvalue weighted by Crippen LogP contribution is 2.20. The lowest BCUT2D eigenvalue weighted by atomic mass is 9.94. The summed E-state index contributed by atoms with van der Waals surface area (Å²) in [5.74, 6) is 0.600. The van der Waals surface area contributed by atoms with E-state index in [9.17, 15) is 5.11 Å². The minimum atomic E-state index is -0.489. The van der Waals surface area contributed by atoms with Crippen molar-refractivity contribution in [3.63, 3.8) is 0 Å². The highest BCUT2D eigenvalue weighted by Gasteiger charge is 2.26. The van der Waals surface area contributed by atoms with Crippen LogP contribution in [0.15, 0.2) is 12.1 Å². The van der Waals surface area contributed by atoms with Gasteiger partial charge in [-0.25, -0.2) is 0 Å². The summed E-state index contributed by atoms with van der Waals surface area (Å²) in [7, 11) is 0. The summed E-state index contributed by atoms with van der Waals surface area (Å²) in [6, 6.07) is 3.39. The lowest BCUT2D eigenvalue weighted by Crippen LogP contribution is -2.25. The van der Waals surface area contributed by atoms with Crippen molar-refractivity contribution in [1.29, 1.82) is 0 Å². The van der Waals surface area contributed by atoms with E-state index in [1.807, 2.05) is 13.8 Å². The highest BCUT2D eigenvalue weighted by atomic mass is 35.5. The maximum Gasteiger partial charge on any atom is 0.178 e. The average Bonchev–Trinajstić information content (AvgIpc) is 2.61. The van der Waals surface area contributed by atoms with Gasteiger partial charge in [0.15, 0.2) is 11.5 Å². The molecule has 2 heterocycles. The van der Waals surface area contributed by atoms with Crippen LogP contribution < -0.4 is 0 Å². The fourth-order valence-corrected chi connectivity index (χ4v) is 1.40. The van der Waals surface area contributed by atoms with E-state index in [4.69, 9.17) is 11.6 Å². The second kappa shape index (κ2) is 3.43. The molecule has 5 nitrogen and oxygen atoms in total. The first-order valence-corrected chi connectivity index (χ1v) is 4.92. The topological polar surface area (TPSA) is 63.3 Å². The van der Waals surface area contributed by atoms with Gasteiger partial charge in [0, 0.05) is 5.41 Å². The van der Waals surface area contributed by atoms with Crippen molar-refractivity contribution < 1.29 is 5.11 Å². The number of halogens is 1. The standard InChI is InChI=1S/C9H11ClN4O/c1-9(2,5-15)8-12-11-7-4-3-6(10)13-14(7)8/h3-4,15H,5H2,1-2H3. The summed E-state index contributed by atoms with van der Waals surface area (Å²) < 4.78 is 1.55. The Morgan fingerprint density at radius 2 is 2.13 bits per heavy atom. The monoisotopic (exact) mass is 226 g/mol. The van der Waals surface area contributed by atoms with E-state index in [-0.39, 0.29) is 6.61 Å². The normalized spacial score (nSPS) is 12.3. The average molecular weight is 227 g/mol. The number of nitrogens with zero attached hydrogens (tertiary/aromatic N) is 4. The number of hydrogen-bond donors (Lipinski definition) is 1. The largest absolute Gasteiger partial charge is 0.395 e. The van der Waals surface area contributed by atoms with Crippen LogP contribution in [0.4, 0.5) is 0 Å². The van der Waals surface area contributed by atoms with E-state index in [0.717, 1.165) is 0 Å². The molecule has 0 bridgehead atoms. The van der Waals surface area contributed by atoms with Crippen LogP contribution in [0.5, 0.6) is 0 Å². The third-order valence-corrected chi connectivity index (χ3v) is 2.43. The summed E-state index contributed by atoms with van der Waals surface area (Å²) in [5.41, 5.74) is 0.132. The Bertz CT molecular complexity index is 494. The minimum Gasteiger partial charge on any atom is -0.395 e. The summed E-state index contributed by atoms with van der Waals surface area (Å²) in [5, 5.41) is 21.7. The molecule has 0 saturated carbocycles. The fourth-order valence-electron chi connectivity index (χ4n) is 1.26. The van der Waals surface area contributed by atoms with Gasteiger partial charge in [-0.15, -0.1) is 10.2 Å². The van der Waals surface area contributed by atoms with Crippen molar-refractivity contribution >= 4 is 17.2 Å². The summed E-state index contributed by atoms with van der Waals surface area (Å²) >= 11 is 5.79. The number of fused-ring (bicyclic) bond motifs is 1. The highest BCUT2D eigenvalue weighted by molar-refractivity contribution is 6.29. The van der Waals surface area contributed by atoms with Crippen molar-refractivity contribution in [1.82, 2.24) is 19.8 Å². The van der Waals surface area contributed by atoms with Crippen LogP contribution in [0.3, 0.4) is 0 Å². The Labute approximate surface area is 91.7 Å². The van der Waals surface area contributed by atoms with Crippen molar-refractivity contribution in [2.45, 2.75) is 19.3 Å². The van der Waals surface area contributed by atoms with Gasteiger partial charge in [-0.2, -0.15) is 9.61 Å². The van der Waals surface area contributed by atoms with Gasteiger partial charge in [0.2, 0.25) is 0 Å². The molecule has 2 aromatic heterocycles. The van der Waals surface area contributed by atoms with Crippen molar-refractivity contribution in [3.8, 4) is 0 Å². The molecule has 0 spiro atoms. The molecule has 0 atom stereocenters. The molecular formula is C9H11ClN4O. The number of hydrogen-bond acceptors (Lipinski definition) is 4. The molecule has 0 aliphatic carbocycles. The molecule has 0 amide bonds. The van der Waals surface area contributed by atoms with Crippen molar-refractivity contribution in [3.05, 3.63) is 23.1 Å². The van der Waals surface area contributed by atoms with E-state index < -0.39 is 5.41 Å². The Morgan fingerprint density at radius 1 is 1.40 bits per heavy atom. The second-order valence-corrected chi connectivity index (χ2v) is 4.38. The maximum absolute atomic E-state index is 9.25. The molecule has 0 fully saturated rings. The first-order chi connectivity index (χ1) is 7.04. The van der Waals surface area contributed by atoms with Crippen LogP contribution in [0.1, 0.15) is 19.7 Å². The van der Waals surface area contributed by atoms with Gasteiger partial charge in [-0.05, 0) is 12.1 Å². The molecule has 1 N–H and O–H groups in total. The first kappa shape index (κ1) is 10.3.